The molecule has 0 atom stereocenters. The molecule has 0 spiro atoms. The second-order valence-electron chi connectivity index (χ2n) is 7.85. The maximum Gasteiger partial charge on any atom is 0.376 e. The first kappa shape index (κ1) is 25.3. The summed E-state index contributed by atoms with van der Waals surface area (Å²) in [6.45, 7) is 9.98. The molecule has 7 nitrogen and oxygen atoms in total. The molecule has 0 aliphatic carbocycles. The highest BCUT2D eigenvalue weighted by Crippen LogP contribution is 2.19. The highest BCUT2D eigenvalue weighted by atomic mass is 19.1. The second-order valence-corrected chi connectivity index (χ2v) is 7.85. The number of fused-ring (bicyclic) bond motifs is 1. The molecule has 1 aromatic heterocycles. The van der Waals surface area contributed by atoms with Crippen molar-refractivity contribution in [3.05, 3.63) is 35.8 Å². The van der Waals surface area contributed by atoms with Crippen molar-refractivity contribution in [3.63, 3.8) is 0 Å². The van der Waals surface area contributed by atoms with Gasteiger partial charge in [0.2, 0.25) is 5.91 Å². The number of carbonyl (C=O) groups is 1. The fourth-order valence-electron chi connectivity index (χ4n) is 3.58. The van der Waals surface area contributed by atoms with Crippen LogP contribution in [-0.2, 0) is 11.2 Å². The Morgan fingerprint density at radius 3 is 2.48 bits per heavy atom. The van der Waals surface area contributed by atoms with Crippen LogP contribution in [0.25, 0.3) is 10.9 Å². The number of aromatic amines is 1. The summed E-state index contributed by atoms with van der Waals surface area (Å²) in [6, 6.07) is 4.55. The van der Waals surface area contributed by atoms with Gasteiger partial charge in [-0.25, -0.2) is 4.39 Å². The predicted molar refractivity (Wildman–Crippen MR) is 126 cm³/mol. The fourth-order valence-corrected chi connectivity index (χ4v) is 3.58. The number of benzene rings is 1. The van der Waals surface area contributed by atoms with E-state index in [-0.39, 0.29) is 25.2 Å². The first-order valence-electron chi connectivity index (χ1n) is 11.4. The van der Waals surface area contributed by atoms with Gasteiger partial charge in [-0.3, -0.25) is 4.79 Å². The van der Waals surface area contributed by atoms with Crippen molar-refractivity contribution in [2.45, 2.75) is 39.4 Å². The lowest BCUT2D eigenvalue weighted by atomic mass is 9.85. The highest BCUT2D eigenvalue weighted by Gasteiger charge is 2.12. The molecule has 2 aromatic rings. The zero-order valence-electron chi connectivity index (χ0n) is 18.8. The summed E-state index contributed by atoms with van der Waals surface area (Å²) in [5.74, 6) is -0.346. The van der Waals surface area contributed by atoms with Crippen LogP contribution in [0.15, 0.2) is 24.4 Å². The maximum atomic E-state index is 13.4. The Morgan fingerprint density at radius 1 is 1.13 bits per heavy atom. The molecule has 31 heavy (non-hydrogen) atoms. The number of amides is 1. The highest BCUT2D eigenvalue weighted by molar-refractivity contribution is 6.45. The van der Waals surface area contributed by atoms with E-state index < -0.39 is 0 Å². The zero-order valence-corrected chi connectivity index (χ0v) is 18.8. The van der Waals surface area contributed by atoms with Crippen molar-refractivity contribution in [2.75, 3.05) is 45.8 Å². The average molecular weight is 433 g/mol. The number of H-pyrrole nitrogens is 1. The van der Waals surface area contributed by atoms with Crippen molar-refractivity contribution in [3.8, 4) is 0 Å². The third-order valence-corrected chi connectivity index (χ3v) is 5.37. The molecule has 1 aromatic carbocycles. The largest absolute Gasteiger partial charge is 0.437 e. The van der Waals surface area contributed by atoms with Crippen LogP contribution in [0.4, 0.5) is 4.39 Å². The minimum atomic E-state index is -0.378. The minimum Gasteiger partial charge on any atom is -0.437 e. The first-order chi connectivity index (χ1) is 15.0. The van der Waals surface area contributed by atoms with Crippen molar-refractivity contribution >= 4 is 23.9 Å². The Bertz CT molecular complexity index is 786. The van der Waals surface area contributed by atoms with Crippen molar-refractivity contribution in [1.82, 2.24) is 25.7 Å². The van der Waals surface area contributed by atoms with Crippen LogP contribution in [0.5, 0.6) is 0 Å². The summed E-state index contributed by atoms with van der Waals surface area (Å²) in [5, 5.41) is 20.1. The lowest BCUT2D eigenvalue weighted by Gasteiger charge is -2.20. The Balaban J connectivity index is 1.44. The molecule has 0 aliphatic rings. The second kappa shape index (κ2) is 14.2. The normalized spacial score (nSPS) is 11.4. The van der Waals surface area contributed by atoms with Crippen LogP contribution < -0.4 is 16.0 Å². The number of nitrogens with one attached hydrogen (secondary N) is 4. The van der Waals surface area contributed by atoms with Crippen LogP contribution in [0.2, 0.25) is 6.82 Å². The van der Waals surface area contributed by atoms with E-state index in [4.69, 9.17) is 0 Å². The van der Waals surface area contributed by atoms with Crippen molar-refractivity contribution in [2.24, 2.45) is 0 Å². The number of hydrogen-bond donors (Lipinski definition) is 5. The number of halogens is 1. The molecule has 0 fully saturated rings. The lowest BCUT2D eigenvalue weighted by Crippen LogP contribution is -2.38. The van der Waals surface area contributed by atoms with E-state index in [1.165, 1.54) is 12.1 Å². The van der Waals surface area contributed by atoms with Crippen LogP contribution in [0.1, 0.15) is 31.7 Å². The van der Waals surface area contributed by atoms with Crippen LogP contribution in [0, 0.1) is 5.82 Å². The van der Waals surface area contributed by atoms with E-state index in [0.29, 0.717) is 6.54 Å². The zero-order chi connectivity index (χ0) is 22.5. The molecule has 0 unspecified atom stereocenters. The summed E-state index contributed by atoms with van der Waals surface area (Å²) in [5.41, 5.74) is 1.65. The number of carbonyl (C=O) groups excluding carboxylic acids is 1. The molecular weight excluding hydrogens is 396 g/mol. The Morgan fingerprint density at radius 2 is 1.81 bits per heavy atom. The van der Waals surface area contributed by atoms with E-state index in [1.807, 2.05) is 4.81 Å². The van der Waals surface area contributed by atoms with Gasteiger partial charge in [-0.1, -0.05) is 6.92 Å². The van der Waals surface area contributed by atoms with Crippen molar-refractivity contribution < 1.29 is 14.2 Å². The third-order valence-electron chi connectivity index (χ3n) is 5.37. The van der Waals surface area contributed by atoms with Gasteiger partial charge in [0.05, 0.1) is 6.42 Å². The fraction of sp³-hybridized carbons (Fsp3) is 0.591. The molecule has 2 rings (SSSR count). The molecule has 0 radical (unpaired) electrons. The molecule has 9 heteroatoms. The predicted octanol–water partition coefficient (Wildman–Crippen LogP) is 1.75. The molecule has 1 amide bonds. The van der Waals surface area contributed by atoms with Crippen molar-refractivity contribution in [1.29, 1.82) is 0 Å². The van der Waals surface area contributed by atoms with Gasteiger partial charge < -0.3 is 30.8 Å². The monoisotopic (exact) mass is 433 g/mol. The lowest BCUT2D eigenvalue weighted by molar-refractivity contribution is -0.120. The third kappa shape index (κ3) is 9.39. The molecule has 0 aliphatic heterocycles. The minimum absolute atomic E-state index is 0.0495. The van der Waals surface area contributed by atoms with E-state index in [9.17, 15) is 14.2 Å². The summed E-state index contributed by atoms with van der Waals surface area (Å²) < 4.78 is 13.4. The van der Waals surface area contributed by atoms with E-state index >= 15 is 0 Å². The molecule has 0 saturated carbocycles. The van der Waals surface area contributed by atoms with Gasteiger partial charge in [0, 0.05) is 23.6 Å². The first-order valence-corrected chi connectivity index (χ1v) is 11.4. The Kier molecular flexibility index (Phi) is 11.6. The van der Waals surface area contributed by atoms with Gasteiger partial charge in [0.25, 0.3) is 0 Å². The number of rotatable bonds is 16. The van der Waals surface area contributed by atoms with E-state index in [0.717, 1.165) is 75.0 Å². The summed E-state index contributed by atoms with van der Waals surface area (Å²) >= 11 is 0. The molecule has 5 N–H and O–H groups in total. The summed E-state index contributed by atoms with van der Waals surface area (Å²) in [4.78, 5) is 17.2. The van der Waals surface area contributed by atoms with Crippen LogP contribution in [0.3, 0.4) is 0 Å². The molecule has 172 valence electrons. The topological polar surface area (TPSA) is 92.4 Å². The molecular formula is C22H37BFN5O2. The van der Waals surface area contributed by atoms with Gasteiger partial charge in [0.15, 0.2) is 0 Å². The number of hydrogen-bond acceptors (Lipinski definition) is 5. The molecule has 0 bridgehead atoms. The smallest absolute Gasteiger partial charge is 0.376 e. The number of aromatic nitrogens is 1. The molecule has 1 heterocycles. The molecule has 0 saturated heterocycles. The van der Waals surface area contributed by atoms with Crippen LogP contribution in [-0.4, -0.2) is 73.6 Å². The standard InChI is InChI=1S/C22H37BFN5O2/c1-3-29(23(2)31)14-6-12-26-10-4-9-25-11-5-13-27-22(30)15-18-17-28-21-8-7-19(24)16-20(18)21/h7-8,16-17,25-26,28,31H,3-6,9-15H2,1-2H3,(H,27,30). The van der Waals surface area contributed by atoms with Gasteiger partial charge in [-0.15, -0.1) is 0 Å². The SMILES string of the molecule is CCN(CCCNCCCNCCCNC(=O)Cc1c[nH]c2ccc(F)cc12)B(C)O. The van der Waals surface area contributed by atoms with Gasteiger partial charge in [-0.2, -0.15) is 0 Å². The summed E-state index contributed by atoms with van der Waals surface area (Å²) in [6.07, 6.45) is 4.96. The van der Waals surface area contributed by atoms with E-state index in [1.54, 1.807) is 19.1 Å². The van der Waals surface area contributed by atoms with Gasteiger partial charge in [-0.05, 0) is 89.1 Å². The van der Waals surface area contributed by atoms with Crippen LogP contribution >= 0.6 is 0 Å². The summed E-state index contributed by atoms with van der Waals surface area (Å²) in [7, 11) is -0.378. The quantitative estimate of drug-likeness (QED) is 0.206. The average Bonchev–Trinajstić information content (AvgIpc) is 3.13. The van der Waals surface area contributed by atoms with E-state index in [2.05, 4.69) is 27.9 Å². The van der Waals surface area contributed by atoms with Gasteiger partial charge >= 0.3 is 7.05 Å². The van der Waals surface area contributed by atoms with Gasteiger partial charge in [0.1, 0.15) is 5.82 Å². The Labute approximate surface area is 185 Å². The number of nitrogens with zero attached hydrogens (tertiary/aromatic N) is 1. The Hall–Kier alpha value is -1.94. The maximum absolute atomic E-state index is 13.4.